The standard InChI is InChI=1S/C16H25N3/c1-4-5-15-10-14(12-17-3)11-16(18-15)19-8-6-13(2)7-9-19/h6,10-11,17H,4-5,7-9,12H2,1-3H3. The van der Waals surface area contributed by atoms with Crippen molar-refractivity contribution >= 4 is 5.82 Å². The highest BCUT2D eigenvalue weighted by atomic mass is 15.2. The van der Waals surface area contributed by atoms with Gasteiger partial charge in [-0.05, 0) is 44.5 Å². The molecule has 19 heavy (non-hydrogen) atoms. The molecule has 1 aromatic rings. The second-order valence-corrected chi connectivity index (χ2v) is 5.35. The average Bonchev–Trinajstić information content (AvgIpc) is 2.40. The Labute approximate surface area is 116 Å². The Kier molecular flexibility index (Phi) is 4.97. The molecule has 1 aromatic heterocycles. The third-order valence-electron chi connectivity index (χ3n) is 3.57. The molecule has 0 bridgehead atoms. The van der Waals surface area contributed by atoms with Gasteiger partial charge in [-0.15, -0.1) is 0 Å². The molecule has 0 unspecified atom stereocenters. The van der Waals surface area contributed by atoms with Crippen molar-refractivity contribution in [2.75, 3.05) is 25.0 Å². The first-order valence-corrected chi connectivity index (χ1v) is 7.28. The van der Waals surface area contributed by atoms with E-state index >= 15 is 0 Å². The van der Waals surface area contributed by atoms with Crippen molar-refractivity contribution in [1.82, 2.24) is 10.3 Å². The third kappa shape index (κ3) is 3.80. The van der Waals surface area contributed by atoms with E-state index in [1.165, 1.54) is 16.8 Å². The minimum Gasteiger partial charge on any atom is -0.353 e. The number of hydrogen-bond donors (Lipinski definition) is 1. The molecule has 0 aliphatic carbocycles. The van der Waals surface area contributed by atoms with Crippen LogP contribution in [0.25, 0.3) is 0 Å². The summed E-state index contributed by atoms with van der Waals surface area (Å²) in [6.45, 7) is 7.41. The van der Waals surface area contributed by atoms with Gasteiger partial charge in [0, 0.05) is 25.3 Å². The maximum absolute atomic E-state index is 4.82. The summed E-state index contributed by atoms with van der Waals surface area (Å²) in [6, 6.07) is 4.46. The topological polar surface area (TPSA) is 28.2 Å². The smallest absolute Gasteiger partial charge is 0.129 e. The molecule has 2 heterocycles. The molecule has 3 nitrogen and oxygen atoms in total. The zero-order valence-corrected chi connectivity index (χ0v) is 12.4. The number of nitrogens with zero attached hydrogens (tertiary/aromatic N) is 2. The first-order chi connectivity index (χ1) is 9.22. The molecule has 0 fully saturated rings. The van der Waals surface area contributed by atoms with E-state index in [2.05, 4.69) is 42.3 Å². The molecule has 0 saturated heterocycles. The van der Waals surface area contributed by atoms with Crippen LogP contribution in [0.2, 0.25) is 0 Å². The van der Waals surface area contributed by atoms with E-state index in [0.29, 0.717) is 0 Å². The maximum Gasteiger partial charge on any atom is 0.129 e. The fraction of sp³-hybridized carbons (Fsp3) is 0.562. The summed E-state index contributed by atoms with van der Waals surface area (Å²) in [5.74, 6) is 1.14. The highest BCUT2D eigenvalue weighted by Crippen LogP contribution is 2.20. The number of anilines is 1. The quantitative estimate of drug-likeness (QED) is 0.824. The van der Waals surface area contributed by atoms with Crippen molar-refractivity contribution in [3.8, 4) is 0 Å². The monoisotopic (exact) mass is 259 g/mol. The molecular formula is C16H25N3. The summed E-state index contributed by atoms with van der Waals surface area (Å²) in [7, 11) is 1.99. The van der Waals surface area contributed by atoms with E-state index in [9.17, 15) is 0 Å². The van der Waals surface area contributed by atoms with Crippen molar-refractivity contribution in [1.29, 1.82) is 0 Å². The summed E-state index contributed by atoms with van der Waals surface area (Å²) in [4.78, 5) is 7.20. The van der Waals surface area contributed by atoms with E-state index in [1.807, 2.05) is 7.05 Å². The van der Waals surface area contributed by atoms with Crippen LogP contribution in [0.1, 0.15) is 37.9 Å². The minimum atomic E-state index is 0.912. The van der Waals surface area contributed by atoms with Gasteiger partial charge >= 0.3 is 0 Å². The molecule has 104 valence electrons. The van der Waals surface area contributed by atoms with Crippen molar-refractivity contribution in [2.45, 2.75) is 39.7 Å². The highest BCUT2D eigenvalue weighted by Gasteiger charge is 2.13. The molecule has 3 heteroatoms. The van der Waals surface area contributed by atoms with Crippen LogP contribution in [0.15, 0.2) is 23.8 Å². The Bertz CT molecular complexity index is 427. The van der Waals surface area contributed by atoms with Gasteiger partial charge in [-0.25, -0.2) is 4.98 Å². The lowest BCUT2D eigenvalue weighted by Gasteiger charge is -2.27. The van der Waals surface area contributed by atoms with Crippen molar-refractivity contribution in [3.63, 3.8) is 0 Å². The van der Waals surface area contributed by atoms with Crippen molar-refractivity contribution in [2.24, 2.45) is 0 Å². The van der Waals surface area contributed by atoms with Crippen LogP contribution in [0.4, 0.5) is 5.82 Å². The van der Waals surface area contributed by atoms with Crippen LogP contribution < -0.4 is 10.2 Å². The van der Waals surface area contributed by atoms with Gasteiger partial charge in [0.15, 0.2) is 0 Å². The normalized spacial score (nSPS) is 15.5. The zero-order valence-electron chi connectivity index (χ0n) is 12.4. The Morgan fingerprint density at radius 3 is 2.84 bits per heavy atom. The lowest BCUT2D eigenvalue weighted by atomic mass is 10.1. The predicted octanol–water partition coefficient (Wildman–Crippen LogP) is 2.91. The molecular weight excluding hydrogens is 234 g/mol. The number of nitrogens with one attached hydrogen (secondary N) is 1. The molecule has 1 aliphatic rings. The highest BCUT2D eigenvalue weighted by molar-refractivity contribution is 5.45. The van der Waals surface area contributed by atoms with Gasteiger partial charge in [-0.3, -0.25) is 0 Å². The summed E-state index contributed by atoms with van der Waals surface area (Å²) in [6.07, 6.45) is 5.68. The molecule has 0 atom stereocenters. The Morgan fingerprint density at radius 2 is 2.21 bits per heavy atom. The van der Waals surface area contributed by atoms with Crippen LogP contribution in [0, 0.1) is 0 Å². The van der Waals surface area contributed by atoms with Gasteiger partial charge in [-0.2, -0.15) is 0 Å². The molecule has 0 radical (unpaired) electrons. The van der Waals surface area contributed by atoms with Gasteiger partial charge in [-0.1, -0.05) is 25.0 Å². The number of hydrogen-bond acceptors (Lipinski definition) is 3. The summed E-state index contributed by atoms with van der Waals surface area (Å²) >= 11 is 0. The number of aryl methyl sites for hydroxylation is 1. The van der Waals surface area contributed by atoms with Crippen LogP contribution in [-0.4, -0.2) is 25.1 Å². The Morgan fingerprint density at radius 1 is 1.37 bits per heavy atom. The van der Waals surface area contributed by atoms with Gasteiger partial charge in [0.05, 0.1) is 0 Å². The number of pyridine rings is 1. The summed E-state index contributed by atoms with van der Waals surface area (Å²) in [5, 5.41) is 3.23. The van der Waals surface area contributed by atoms with Gasteiger partial charge in [0.2, 0.25) is 0 Å². The lowest BCUT2D eigenvalue weighted by Crippen LogP contribution is -2.29. The molecule has 0 aromatic carbocycles. The largest absolute Gasteiger partial charge is 0.353 e. The maximum atomic E-state index is 4.82. The second-order valence-electron chi connectivity index (χ2n) is 5.35. The Hall–Kier alpha value is -1.35. The molecule has 0 amide bonds. The number of aromatic nitrogens is 1. The van der Waals surface area contributed by atoms with E-state index in [1.54, 1.807) is 0 Å². The van der Waals surface area contributed by atoms with Crippen molar-refractivity contribution in [3.05, 3.63) is 35.0 Å². The zero-order chi connectivity index (χ0) is 13.7. The fourth-order valence-electron chi connectivity index (χ4n) is 2.46. The lowest BCUT2D eigenvalue weighted by molar-refractivity contribution is 0.758. The molecule has 1 N–H and O–H groups in total. The summed E-state index contributed by atoms with van der Waals surface area (Å²) < 4.78 is 0. The average molecular weight is 259 g/mol. The van der Waals surface area contributed by atoms with E-state index in [4.69, 9.17) is 4.98 Å². The molecule has 0 saturated carbocycles. The van der Waals surface area contributed by atoms with Crippen LogP contribution >= 0.6 is 0 Å². The van der Waals surface area contributed by atoms with E-state index in [-0.39, 0.29) is 0 Å². The predicted molar refractivity (Wildman–Crippen MR) is 81.6 cm³/mol. The fourth-order valence-corrected chi connectivity index (χ4v) is 2.46. The van der Waals surface area contributed by atoms with Crippen molar-refractivity contribution < 1.29 is 0 Å². The van der Waals surface area contributed by atoms with E-state index in [0.717, 1.165) is 44.7 Å². The molecule has 0 spiro atoms. The first kappa shape index (κ1) is 14.1. The van der Waals surface area contributed by atoms with Crippen LogP contribution in [0.3, 0.4) is 0 Å². The summed E-state index contributed by atoms with van der Waals surface area (Å²) in [5.41, 5.74) is 4.05. The molecule has 1 aliphatic heterocycles. The van der Waals surface area contributed by atoms with Crippen LogP contribution in [0.5, 0.6) is 0 Å². The van der Waals surface area contributed by atoms with Gasteiger partial charge in [0.25, 0.3) is 0 Å². The van der Waals surface area contributed by atoms with Gasteiger partial charge in [0.1, 0.15) is 5.82 Å². The Balaban J connectivity index is 2.22. The van der Waals surface area contributed by atoms with Crippen LogP contribution in [-0.2, 0) is 13.0 Å². The second kappa shape index (κ2) is 6.71. The van der Waals surface area contributed by atoms with Gasteiger partial charge < -0.3 is 10.2 Å². The molecule has 2 rings (SSSR count). The first-order valence-electron chi connectivity index (χ1n) is 7.28. The number of rotatable bonds is 5. The van der Waals surface area contributed by atoms with E-state index < -0.39 is 0 Å². The third-order valence-corrected chi connectivity index (χ3v) is 3.57. The minimum absolute atomic E-state index is 0.912. The SMILES string of the molecule is CCCc1cc(CNC)cc(N2CC=C(C)CC2)n1.